The van der Waals surface area contributed by atoms with Crippen molar-refractivity contribution in [3.63, 3.8) is 0 Å². The summed E-state index contributed by atoms with van der Waals surface area (Å²) < 4.78 is 5.67. The molecule has 0 aromatic heterocycles. The van der Waals surface area contributed by atoms with Gasteiger partial charge in [-0.15, -0.1) is 0 Å². The SMILES string of the molecule is Cc1cc(OCC[C@@H]2CCCNC2)ccc1[N+](=O)[O-]. The molecule has 0 spiro atoms. The number of nitrogens with zero attached hydrogens (tertiary/aromatic N) is 1. The number of nitrogens with one attached hydrogen (secondary N) is 1. The third kappa shape index (κ3) is 3.92. The highest BCUT2D eigenvalue weighted by Crippen LogP contribution is 2.23. The highest BCUT2D eigenvalue weighted by atomic mass is 16.6. The Balaban J connectivity index is 1.82. The van der Waals surface area contributed by atoms with Crippen LogP contribution in [0.4, 0.5) is 5.69 Å². The summed E-state index contributed by atoms with van der Waals surface area (Å²) in [5, 5.41) is 14.1. The van der Waals surface area contributed by atoms with E-state index in [0.29, 0.717) is 23.8 Å². The van der Waals surface area contributed by atoms with Crippen LogP contribution in [0.15, 0.2) is 18.2 Å². The molecule has 1 saturated heterocycles. The van der Waals surface area contributed by atoms with Gasteiger partial charge < -0.3 is 10.1 Å². The zero-order valence-electron chi connectivity index (χ0n) is 11.2. The van der Waals surface area contributed by atoms with Crippen LogP contribution in [0.1, 0.15) is 24.8 Å². The molecule has 1 N–H and O–H groups in total. The van der Waals surface area contributed by atoms with Crippen LogP contribution in [-0.2, 0) is 0 Å². The van der Waals surface area contributed by atoms with Crippen molar-refractivity contribution >= 4 is 5.69 Å². The highest BCUT2D eigenvalue weighted by Gasteiger charge is 2.13. The number of hydrogen-bond donors (Lipinski definition) is 1. The Morgan fingerprint density at radius 3 is 3.00 bits per heavy atom. The zero-order valence-corrected chi connectivity index (χ0v) is 11.2. The molecule has 1 aliphatic rings. The van der Waals surface area contributed by atoms with E-state index >= 15 is 0 Å². The number of aryl methyl sites for hydroxylation is 1. The van der Waals surface area contributed by atoms with Gasteiger partial charge in [0, 0.05) is 11.6 Å². The predicted octanol–water partition coefficient (Wildman–Crippen LogP) is 2.67. The molecule has 0 saturated carbocycles. The van der Waals surface area contributed by atoms with Crippen molar-refractivity contribution in [1.82, 2.24) is 5.32 Å². The Bertz CT molecular complexity index is 442. The Labute approximate surface area is 113 Å². The lowest BCUT2D eigenvalue weighted by Crippen LogP contribution is -2.30. The van der Waals surface area contributed by atoms with Crippen molar-refractivity contribution in [3.8, 4) is 5.75 Å². The number of rotatable bonds is 5. The monoisotopic (exact) mass is 264 g/mol. The van der Waals surface area contributed by atoms with E-state index in [0.717, 1.165) is 19.5 Å². The van der Waals surface area contributed by atoms with Crippen LogP contribution in [0.5, 0.6) is 5.75 Å². The van der Waals surface area contributed by atoms with E-state index in [1.165, 1.54) is 18.9 Å². The minimum absolute atomic E-state index is 0.142. The summed E-state index contributed by atoms with van der Waals surface area (Å²) >= 11 is 0. The molecule has 1 heterocycles. The number of nitro benzene ring substituents is 1. The first-order valence-electron chi connectivity index (χ1n) is 6.75. The highest BCUT2D eigenvalue weighted by molar-refractivity contribution is 5.44. The van der Waals surface area contributed by atoms with Gasteiger partial charge in [-0.3, -0.25) is 10.1 Å². The van der Waals surface area contributed by atoms with Crippen LogP contribution in [0, 0.1) is 23.0 Å². The topological polar surface area (TPSA) is 64.4 Å². The molecule has 1 fully saturated rings. The molecule has 1 aromatic carbocycles. The van der Waals surface area contributed by atoms with E-state index in [-0.39, 0.29) is 10.6 Å². The molecular formula is C14H20N2O3. The van der Waals surface area contributed by atoms with Gasteiger partial charge in [0.05, 0.1) is 11.5 Å². The molecule has 0 radical (unpaired) electrons. The van der Waals surface area contributed by atoms with E-state index in [1.54, 1.807) is 19.1 Å². The number of piperidine rings is 1. The Morgan fingerprint density at radius 1 is 1.53 bits per heavy atom. The molecule has 19 heavy (non-hydrogen) atoms. The van der Waals surface area contributed by atoms with Crippen molar-refractivity contribution in [2.45, 2.75) is 26.2 Å². The van der Waals surface area contributed by atoms with Gasteiger partial charge in [-0.2, -0.15) is 0 Å². The zero-order chi connectivity index (χ0) is 13.7. The summed E-state index contributed by atoms with van der Waals surface area (Å²) in [5.41, 5.74) is 0.783. The molecule has 1 aromatic rings. The minimum atomic E-state index is -0.368. The maximum absolute atomic E-state index is 10.7. The molecular weight excluding hydrogens is 244 g/mol. The van der Waals surface area contributed by atoms with Crippen molar-refractivity contribution < 1.29 is 9.66 Å². The molecule has 104 valence electrons. The van der Waals surface area contributed by atoms with Crippen LogP contribution >= 0.6 is 0 Å². The summed E-state index contributed by atoms with van der Waals surface area (Å²) in [4.78, 5) is 10.3. The van der Waals surface area contributed by atoms with Gasteiger partial charge in [-0.05, 0) is 57.3 Å². The maximum atomic E-state index is 10.7. The molecule has 0 amide bonds. The lowest BCUT2D eigenvalue weighted by molar-refractivity contribution is -0.385. The van der Waals surface area contributed by atoms with Gasteiger partial charge in [0.1, 0.15) is 5.75 Å². The lowest BCUT2D eigenvalue weighted by atomic mass is 9.97. The van der Waals surface area contributed by atoms with E-state index in [4.69, 9.17) is 4.74 Å². The smallest absolute Gasteiger partial charge is 0.272 e. The molecule has 5 heteroatoms. The van der Waals surface area contributed by atoms with Gasteiger partial charge in [0.25, 0.3) is 5.69 Å². The Morgan fingerprint density at radius 2 is 2.37 bits per heavy atom. The third-order valence-corrected chi connectivity index (χ3v) is 3.56. The summed E-state index contributed by atoms with van der Waals surface area (Å²) in [6.07, 6.45) is 3.53. The van der Waals surface area contributed by atoms with E-state index in [1.807, 2.05) is 0 Å². The summed E-state index contributed by atoms with van der Waals surface area (Å²) in [6.45, 7) is 4.60. The molecule has 1 atom stereocenters. The largest absolute Gasteiger partial charge is 0.494 e. The fraction of sp³-hybridized carbons (Fsp3) is 0.571. The average molecular weight is 264 g/mol. The summed E-state index contributed by atoms with van der Waals surface area (Å²) in [5.74, 6) is 1.40. The van der Waals surface area contributed by atoms with Crippen LogP contribution in [0.3, 0.4) is 0 Å². The normalized spacial score (nSPS) is 19.1. The second kappa shape index (κ2) is 6.52. The van der Waals surface area contributed by atoms with Gasteiger partial charge >= 0.3 is 0 Å². The summed E-state index contributed by atoms with van der Waals surface area (Å²) in [7, 11) is 0. The fourth-order valence-electron chi connectivity index (χ4n) is 2.44. The van der Waals surface area contributed by atoms with E-state index in [9.17, 15) is 10.1 Å². The Kier molecular flexibility index (Phi) is 4.74. The predicted molar refractivity (Wildman–Crippen MR) is 73.5 cm³/mol. The van der Waals surface area contributed by atoms with E-state index in [2.05, 4.69) is 5.32 Å². The molecule has 0 unspecified atom stereocenters. The third-order valence-electron chi connectivity index (χ3n) is 3.56. The first-order valence-corrected chi connectivity index (χ1v) is 6.75. The van der Waals surface area contributed by atoms with E-state index < -0.39 is 0 Å². The van der Waals surface area contributed by atoms with Crippen LogP contribution < -0.4 is 10.1 Å². The van der Waals surface area contributed by atoms with Crippen molar-refractivity contribution in [2.24, 2.45) is 5.92 Å². The van der Waals surface area contributed by atoms with Crippen LogP contribution in [-0.4, -0.2) is 24.6 Å². The van der Waals surface area contributed by atoms with Gasteiger partial charge in [-0.25, -0.2) is 0 Å². The first kappa shape index (κ1) is 13.8. The maximum Gasteiger partial charge on any atom is 0.272 e. The van der Waals surface area contributed by atoms with Gasteiger partial charge in [-0.1, -0.05) is 0 Å². The summed E-state index contributed by atoms with van der Waals surface area (Å²) in [6, 6.07) is 4.91. The number of ether oxygens (including phenoxy) is 1. The molecule has 5 nitrogen and oxygen atoms in total. The lowest BCUT2D eigenvalue weighted by Gasteiger charge is -2.22. The first-order chi connectivity index (χ1) is 9.16. The number of hydrogen-bond acceptors (Lipinski definition) is 4. The van der Waals surface area contributed by atoms with Gasteiger partial charge in [0.15, 0.2) is 0 Å². The second-order valence-corrected chi connectivity index (χ2v) is 5.05. The molecule has 0 aliphatic carbocycles. The molecule has 2 rings (SSSR count). The van der Waals surface area contributed by atoms with Crippen LogP contribution in [0.2, 0.25) is 0 Å². The second-order valence-electron chi connectivity index (χ2n) is 5.05. The fourth-order valence-corrected chi connectivity index (χ4v) is 2.44. The Hall–Kier alpha value is -1.62. The van der Waals surface area contributed by atoms with Crippen molar-refractivity contribution in [3.05, 3.63) is 33.9 Å². The number of benzene rings is 1. The van der Waals surface area contributed by atoms with Crippen LogP contribution in [0.25, 0.3) is 0 Å². The van der Waals surface area contributed by atoms with Crippen molar-refractivity contribution in [1.29, 1.82) is 0 Å². The quantitative estimate of drug-likeness (QED) is 0.656. The molecule has 1 aliphatic heterocycles. The van der Waals surface area contributed by atoms with Gasteiger partial charge in [0.2, 0.25) is 0 Å². The standard InChI is InChI=1S/C14H20N2O3/c1-11-9-13(4-5-14(11)16(17)18)19-8-6-12-3-2-7-15-10-12/h4-5,9,12,15H,2-3,6-8,10H2,1H3/t12-/m0/s1. The molecule has 0 bridgehead atoms. The van der Waals surface area contributed by atoms with Crippen molar-refractivity contribution in [2.75, 3.05) is 19.7 Å². The number of nitro groups is 1. The minimum Gasteiger partial charge on any atom is -0.494 e. The average Bonchev–Trinajstić information content (AvgIpc) is 2.39.